The molecule has 16 heavy (non-hydrogen) atoms. The van der Waals surface area contributed by atoms with Crippen LogP contribution in [0.2, 0.25) is 19.6 Å². The van der Waals surface area contributed by atoms with E-state index in [0.29, 0.717) is 5.56 Å². The van der Waals surface area contributed by atoms with Gasteiger partial charge < -0.3 is 4.53 Å². The number of para-hydroxylation sites is 1. The average molecular weight is 233 g/mol. The first kappa shape index (κ1) is 10.9. The molecule has 0 aliphatic carbocycles. The molecule has 0 saturated heterocycles. The lowest BCUT2D eigenvalue weighted by Gasteiger charge is -2.19. The van der Waals surface area contributed by atoms with E-state index >= 15 is 0 Å². The second-order valence-electron chi connectivity index (χ2n) is 4.75. The third-order valence-corrected chi connectivity index (χ3v) is 2.95. The Hall–Kier alpha value is -1.55. The van der Waals surface area contributed by atoms with E-state index in [-0.39, 0.29) is 0 Å². The number of hydrogen-bond acceptors (Lipinski definition) is 2. The van der Waals surface area contributed by atoms with Crippen LogP contribution in [0, 0.1) is 0 Å². The predicted octanol–water partition coefficient (Wildman–Crippen LogP) is 2.72. The van der Waals surface area contributed by atoms with Gasteiger partial charge in [-0.15, -0.1) is 0 Å². The van der Waals surface area contributed by atoms with Crippen molar-refractivity contribution in [1.29, 1.82) is 0 Å². The molecule has 0 aliphatic rings. The lowest BCUT2D eigenvalue weighted by Crippen LogP contribution is -2.36. The number of aldehydes is 1. The first-order chi connectivity index (χ1) is 7.51. The van der Waals surface area contributed by atoms with Gasteiger partial charge in [0, 0.05) is 10.9 Å². The lowest BCUT2D eigenvalue weighted by molar-refractivity contribution is 0.112. The van der Waals surface area contributed by atoms with Crippen molar-refractivity contribution in [2.24, 2.45) is 0 Å². The standard InChI is InChI=1S/C12H15NO2Si/c1-16(2,3)15-13-8-10(9-14)11-6-4-5-7-12(11)13/h4-9H,1-3H3. The molecule has 0 saturated carbocycles. The molecule has 2 aromatic rings. The van der Waals surface area contributed by atoms with Crippen LogP contribution in [0.1, 0.15) is 10.4 Å². The van der Waals surface area contributed by atoms with E-state index in [0.717, 1.165) is 17.2 Å². The summed E-state index contributed by atoms with van der Waals surface area (Å²) in [6.45, 7) is 6.34. The molecule has 1 aromatic carbocycles. The van der Waals surface area contributed by atoms with E-state index in [4.69, 9.17) is 4.53 Å². The summed E-state index contributed by atoms with van der Waals surface area (Å²) in [7, 11) is -1.67. The molecule has 0 amide bonds. The summed E-state index contributed by atoms with van der Waals surface area (Å²) in [6, 6.07) is 7.76. The van der Waals surface area contributed by atoms with Gasteiger partial charge in [0.15, 0.2) is 6.29 Å². The van der Waals surface area contributed by atoms with Crippen molar-refractivity contribution in [3.63, 3.8) is 0 Å². The molecule has 2 rings (SSSR count). The second kappa shape index (κ2) is 3.79. The van der Waals surface area contributed by atoms with Crippen LogP contribution >= 0.6 is 0 Å². The monoisotopic (exact) mass is 233 g/mol. The Balaban J connectivity index is 2.58. The van der Waals surface area contributed by atoms with E-state index in [1.54, 1.807) is 10.9 Å². The van der Waals surface area contributed by atoms with E-state index < -0.39 is 8.32 Å². The predicted molar refractivity (Wildman–Crippen MR) is 67.3 cm³/mol. The van der Waals surface area contributed by atoms with Crippen LogP contribution in [0.4, 0.5) is 0 Å². The topological polar surface area (TPSA) is 31.2 Å². The number of benzene rings is 1. The molecule has 0 atom stereocenters. The molecule has 0 fully saturated rings. The SMILES string of the molecule is C[Si](C)(C)On1cc(C=O)c2ccccc21. The highest BCUT2D eigenvalue weighted by Gasteiger charge is 2.19. The van der Waals surface area contributed by atoms with Crippen LogP contribution in [-0.2, 0) is 0 Å². The van der Waals surface area contributed by atoms with Crippen LogP contribution < -0.4 is 4.53 Å². The van der Waals surface area contributed by atoms with Gasteiger partial charge in [0.25, 0.3) is 8.32 Å². The fourth-order valence-corrected chi connectivity index (χ4v) is 2.38. The van der Waals surface area contributed by atoms with Crippen LogP contribution in [0.3, 0.4) is 0 Å². The first-order valence-electron chi connectivity index (χ1n) is 5.26. The summed E-state index contributed by atoms with van der Waals surface area (Å²) in [5.74, 6) is 0. The minimum atomic E-state index is -1.67. The molecule has 0 spiro atoms. The van der Waals surface area contributed by atoms with Crippen molar-refractivity contribution in [1.82, 2.24) is 4.73 Å². The number of carbonyl (C=O) groups excluding carboxylic acids is 1. The Kier molecular flexibility index (Phi) is 2.59. The summed E-state index contributed by atoms with van der Waals surface area (Å²) >= 11 is 0. The van der Waals surface area contributed by atoms with Gasteiger partial charge in [0.05, 0.1) is 11.7 Å². The van der Waals surface area contributed by atoms with E-state index in [2.05, 4.69) is 19.6 Å². The smallest absolute Gasteiger partial charge is 0.276 e. The van der Waals surface area contributed by atoms with E-state index in [1.165, 1.54) is 0 Å². The maximum atomic E-state index is 10.9. The van der Waals surface area contributed by atoms with Crippen molar-refractivity contribution < 1.29 is 9.32 Å². The second-order valence-corrected chi connectivity index (χ2v) is 9.16. The van der Waals surface area contributed by atoms with Crippen molar-refractivity contribution in [3.8, 4) is 0 Å². The lowest BCUT2D eigenvalue weighted by atomic mass is 10.2. The minimum Gasteiger partial charge on any atom is -0.470 e. The Bertz CT molecular complexity index is 525. The maximum absolute atomic E-state index is 10.9. The van der Waals surface area contributed by atoms with Gasteiger partial charge in [-0.05, 0) is 25.7 Å². The van der Waals surface area contributed by atoms with Gasteiger partial charge in [-0.1, -0.05) is 18.2 Å². The molecule has 0 unspecified atom stereocenters. The van der Waals surface area contributed by atoms with E-state index in [9.17, 15) is 4.79 Å². The molecule has 0 N–H and O–H groups in total. The fraction of sp³-hybridized carbons (Fsp3) is 0.250. The molecule has 1 aromatic heterocycles. The van der Waals surface area contributed by atoms with Gasteiger partial charge in [-0.2, -0.15) is 0 Å². The van der Waals surface area contributed by atoms with E-state index in [1.807, 2.05) is 24.3 Å². The zero-order chi connectivity index (χ0) is 11.8. The van der Waals surface area contributed by atoms with Gasteiger partial charge in [-0.25, -0.2) is 4.73 Å². The summed E-state index contributed by atoms with van der Waals surface area (Å²) < 4.78 is 7.62. The molecule has 3 nitrogen and oxygen atoms in total. The van der Waals surface area contributed by atoms with Gasteiger partial charge in [-0.3, -0.25) is 4.79 Å². The number of aromatic nitrogens is 1. The average Bonchev–Trinajstić information content (AvgIpc) is 2.55. The number of hydrogen-bond donors (Lipinski definition) is 0. The first-order valence-corrected chi connectivity index (χ1v) is 8.67. The summed E-state index contributed by atoms with van der Waals surface area (Å²) in [5, 5.41) is 0.941. The Morgan fingerprint density at radius 2 is 1.94 bits per heavy atom. The van der Waals surface area contributed by atoms with Crippen molar-refractivity contribution in [2.75, 3.05) is 0 Å². The zero-order valence-electron chi connectivity index (χ0n) is 9.73. The number of nitrogens with zero attached hydrogens (tertiary/aromatic N) is 1. The molecule has 0 aliphatic heterocycles. The highest BCUT2D eigenvalue weighted by molar-refractivity contribution is 6.70. The Labute approximate surface area is 95.7 Å². The third kappa shape index (κ3) is 2.02. The van der Waals surface area contributed by atoms with Crippen molar-refractivity contribution in [3.05, 3.63) is 36.0 Å². The maximum Gasteiger partial charge on any atom is 0.276 e. The normalized spacial score (nSPS) is 11.7. The molecule has 0 radical (unpaired) electrons. The molecular weight excluding hydrogens is 218 g/mol. The Morgan fingerprint density at radius 1 is 1.25 bits per heavy atom. The number of fused-ring (bicyclic) bond motifs is 1. The largest absolute Gasteiger partial charge is 0.470 e. The van der Waals surface area contributed by atoms with Crippen LogP contribution in [0.5, 0.6) is 0 Å². The molecule has 0 bridgehead atoms. The van der Waals surface area contributed by atoms with Crippen LogP contribution in [-0.4, -0.2) is 19.3 Å². The summed E-state index contributed by atoms with van der Waals surface area (Å²) in [5.41, 5.74) is 1.63. The highest BCUT2D eigenvalue weighted by Crippen LogP contribution is 2.19. The summed E-state index contributed by atoms with van der Waals surface area (Å²) in [6.07, 6.45) is 2.63. The summed E-state index contributed by atoms with van der Waals surface area (Å²) in [4.78, 5) is 10.9. The Morgan fingerprint density at radius 3 is 2.56 bits per heavy atom. The van der Waals surface area contributed by atoms with Crippen molar-refractivity contribution in [2.45, 2.75) is 19.6 Å². The third-order valence-electron chi connectivity index (χ3n) is 2.21. The molecule has 1 heterocycles. The number of carbonyl (C=O) groups is 1. The number of rotatable bonds is 3. The molecule has 4 heteroatoms. The highest BCUT2D eigenvalue weighted by atomic mass is 28.4. The van der Waals surface area contributed by atoms with Gasteiger partial charge in [0.1, 0.15) is 0 Å². The molecule has 84 valence electrons. The van der Waals surface area contributed by atoms with Gasteiger partial charge in [0.2, 0.25) is 0 Å². The minimum absolute atomic E-state index is 0.675. The van der Waals surface area contributed by atoms with Crippen LogP contribution in [0.15, 0.2) is 30.5 Å². The van der Waals surface area contributed by atoms with Crippen molar-refractivity contribution >= 4 is 25.5 Å². The van der Waals surface area contributed by atoms with Crippen LogP contribution in [0.25, 0.3) is 10.9 Å². The molecular formula is C12H15NO2Si. The quantitative estimate of drug-likeness (QED) is 0.603. The van der Waals surface area contributed by atoms with Gasteiger partial charge >= 0.3 is 0 Å². The fourth-order valence-electron chi connectivity index (χ4n) is 1.64. The zero-order valence-corrected chi connectivity index (χ0v) is 10.7.